The molecular formula is C13H17ClN4O. The highest BCUT2D eigenvalue weighted by molar-refractivity contribution is 6.29. The summed E-state index contributed by atoms with van der Waals surface area (Å²) in [4.78, 5) is 17.8. The topological polar surface area (TPSA) is 69.0 Å². The Bertz CT molecular complexity index is 498. The highest BCUT2D eigenvalue weighted by Gasteiger charge is 2.16. The van der Waals surface area contributed by atoms with E-state index in [1.807, 2.05) is 6.92 Å². The molecule has 1 amide bonds. The van der Waals surface area contributed by atoms with E-state index in [9.17, 15) is 4.79 Å². The van der Waals surface area contributed by atoms with Gasteiger partial charge in [-0.25, -0.2) is 4.98 Å². The minimum Gasteiger partial charge on any atom is -0.370 e. The predicted octanol–water partition coefficient (Wildman–Crippen LogP) is 2.40. The number of halogens is 1. The number of aromatic nitrogens is 1. The number of anilines is 1. The van der Waals surface area contributed by atoms with Gasteiger partial charge >= 0.3 is 0 Å². The highest BCUT2D eigenvalue weighted by Crippen LogP contribution is 2.16. The average Bonchev–Trinajstić information content (AvgIpc) is 2.37. The van der Waals surface area contributed by atoms with Crippen LogP contribution in [0.25, 0.3) is 0 Å². The van der Waals surface area contributed by atoms with Crippen LogP contribution in [-0.2, 0) is 0 Å². The SMILES string of the molecule is CCNc1cc(C(=O)N(C)CC(C)C#N)cc(Cl)n1. The Kier molecular flexibility index (Phi) is 5.58. The van der Waals surface area contributed by atoms with Gasteiger partial charge in [0.05, 0.1) is 12.0 Å². The average molecular weight is 281 g/mol. The molecule has 0 aliphatic rings. The van der Waals surface area contributed by atoms with Crippen LogP contribution in [0.2, 0.25) is 5.15 Å². The van der Waals surface area contributed by atoms with Crippen molar-refractivity contribution in [3.8, 4) is 6.07 Å². The molecule has 1 unspecified atom stereocenters. The summed E-state index contributed by atoms with van der Waals surface area (Å²) in [5.74, 6) is 0.185. The largest absolute Gasteiger partial charge is 0.370 e. The molecule has 0 aliphatic carbocycles. The molecule has 0 bridgehead atoms. The molecule has 0 fully saturated rings. The van der Waals surface area contributed by atoms with Crippen molar-refractivity contribution >= 4 is 23.3 Å². The van der Waals surface area contributed by atoms with Crippen molar-refractivity contribution in [2.75, 3.05) is 25.5 Å². The van der Waals surface area contributed by atoms with Gasteiger partial charge in [0.1, 0.15) is 11.0 Å². The molecule has 6 heteroatoms. The third-order valence-corrected chi connectivity index (χ3v) is 2.71. The second-order valence-corrected chi connectivity index (χ2v) is 4.70. The zero-order valence-electron chi connectivity index (χ0n) is 11.3. The zero-order valence-corrected chi connectivity index (χ0v) is 12.0. The summed E-state index contributed by atoms with van der Waals surface area (Å²) in [6, 6.07) is 5.28. The van der Waals surface area contributed by atoms with Crippen molar-refractivity contribution in [1.29, 1.82) is 5.26 Å². The Morgan fingerprint density at radius 1 is 1.63 bits per heavy atom. The molecule has 1 aromatic rings. The van der Waals surface area contributed by atoms with E-state index in [-0.39, 0.29) is 17.0 Å². The van der Waals surface area contributed by atoms with Crippen molar-refractivity contribution < 1.29 is 4.79 Å². The molecule has 0 aliphatic heterocycles. The quantitative estimate of drug-likeness (QED) is 0.841. The first kappa shape index (κ1) is 15.3. The van der Waals surface area contributed by atoms with Crippen LogP contribution in [0.5, 0.6) is 0 Å². The number of nitriles is 1. The van der Waals surface area contributed by atoms with E-state index in [4.69, 9.17) is 16.9 Å². The lowest BCUT2D eigenvalue weighted by molar-refractivity contribution is 0.0785. The fourth-order valence-electron chi connectivity index (χ4n) is 1.65. The van der Waals surface area contributed by atoms with Crippen LogP contribution >= 0.6 is 11.6 Å². The van der Waals surface area contributed by atoms with Crippen molar-refractivity contribution in [2.24, 2.45) is 5.92 Å². The molecule has 1 atom stereocenters. The van der Waals surface area contributed by atoms with Gasteiger partial charge in [0.2, 0.25) is 0 Å². The minimum atomic E-state index is -0.209. The Balaban J connectivity index is 2.90. The van der Waals surface area contributed by atoms with E-state index in [1.54, 1.807) is 20.0 Å². The van der Waals surface area contributed by atoms with Crippen molar-refractivity contribution in [3.63, 3.8) is 0 Å². The third-order valence-electron chi connectivity index (χ3n) is 2.51. The molecule has 1 rings (SSSR count). The number of hydrogen-bond acceptors (Lipinski definition) is 4. The van der Waals surface area contributed by atoms with E-state index in [0.29, 0.717) is 24.5 Å². The molecule has 1 N–H and O–H groups in total. The molecule has 0 saturated carbocycles. The van der Waals surface area contributed by atoms with Crippen molar-refractivity contribution in [1.82, 2.24) is 9.88 Å². The van der Waals surface area contributed by atoms with Gasteiger partial charge in [-0.2, -0.15) is 5.26 Å². The molecular weight excluding hydrogens is 264 g/mol. The van der Waals surface area contributed by atoms with E-state index in [2.05, 4.69) is 16.4 Å². The van der Waals surface area contributed by atoms with E-state index >= 15 is 0 Å². The summed E-state index contributed by atoms with van der Waals surface area (Å²) in [6.45, 7) is 4.78. The third kappa shape index (κ3) is 4.42. The van der Waals surface area contributed by atoms with Gasteiger partial charge in [-0.05, 0) is 26.0 Å². The Hall–Kier alpha value is -1.80. The van der Waals surface area contributed by atoms with Crippen LogP contribution in [-0.4, -0.2) is 35.9 Å². The molecule has 5 nitrogen and oxygen atoms in total. The van der Waals surface area contributed by atoms with Gasteiger partial charge in [0, 0.05) is 25.7 Å². The fraction of sp³-hybridized carbons (Fsp3) is 0.462. The number of carbonyl (C=O) groups excluding carboxylic acids is 1. The summed E-state index contributed by atoms with van der Waals surface area (Å²) >= 11 is 5.89. The highest BCUT2D eigenvalue weighted by atomic mass is 35.5. The number of carbonyl (C=O) groups is 1. The first-order chi connectivity index (χ1) is 8.97. The van der Waals surface area contributed by atoms with Gasteiger partial charge in [0.25, 0.3) is 5.91 Å². The van der Waals surface area contributed by atoms with Crippen LogP contribution in [0.15, 0.2) is 12.1 Å². The maximum absolute atomic E-state index is 12.2. The van der Waals surface area contributed by atoms with Crippen molar-refractivity contribution in [2.45, 2.75) is 13.8 Å². The molecule has 0 spiro atoms. The van der Waals surface area contributed by atoms with Crippen LogP contribution < -0.4 is 5.32 Å². The molecule has 1 aromatic heterocycles. The van der Waals surface area contributed by atoms with Gasteiger partial charge in [-0.1, -0.05) is 11.6 Å². The monoisotopic (exact) mass is 280 g/mol. The van der Waals surface area contributed by atoms with Gasteiger partial charge in [-0.3, -0.25) is 4.79 Å². The standard InChI is InChI=1S/C13H17ClN4O/c1-4-16-12-6-10(5-11(14)17-12)13(19)18(3)8-9(2)7-15/h5-6,9H,4,8H2,1-3H3,(H,16,17). The molecule has 0 aromatic carbocycles. The Morgan fingerprint density at radius 3 is 2.89 bits per heavy atom. The molecule has 19 heavy (non-hydrogen) atoms. The van der Waals surface area contributed by atoms with E-state index in [1.165, 1.54) is 11.0 Å². The summed E-state index contributed by atoms with van der Waals surface area (Å²) in [5, 5.41) is 12.0. The molecule has 0 saturated heterocycles. The smallest absolute Gasteiger partial charge is 0.253 e. The normalized spacial score (nSPS) is 11.5. The second kappa shape index (κ2) is 6.95. The summed E-state index contributed by atoms with van der Waals surface area (Å²) in [7, 11) is 1.66. The summed E-state index contributed by atoms with van der Waals surface area (Å²) in [5.41, 5.74) is 0.462. The van der Waals surface area contributed by atoms with Gasteiger partial charge in [-0.15, -0.1) is 0 Å². The Morgan fingerprint density at radius 2 is 2.32 bits per heavy atom. The zero-order chi connectivity index (χ0) is 14.4. The molecule has 102 valence electrons. The van der Waals surface area contributed by atoms with E-state index < -0.39 is 0 Å². The fourth-order valence-corrected chi connectivity index (χ4v) is 1.86. The maximum atomic E-state index is 12.2. The van der Waals surface area contributed by atoms with Crippen molar-refractivity contribution in [3.05, 3.63) is 22.8 Å². The first-order valence-electron chi connectivity index (χ1n) is 6.04. The van der Waals surface area contributed by atoms with Gasteiger partial charge in [0.15, 0.2) is 0 Å². The lowest BCUT2D eigenvalue weighted by atomic mass is 10.1. The van der Waals surface area contributed by atoms with Gasteiger partial charge < -0.3 is 10.2 Å². The van der Waals surface area contributed by atoms with Crippen LogP contribution in [0.3, 0.4) is 0 Å². The van der Waals surface area contributed by atoms with E-state index in [0.717, 1.165) is 0 Å². The number of nitrogens with one attached hydrogen (secondary N) is 1. The molecule has 1 heterocycles. The first-order valence-corrected chi connectivity index (χ1v) is 6.42. The number of pyridine rings is 1. The maximum Gasteiger partial charge on any atom is 0.253 e. The minimum absolute atomic E-state index is 0.175. The predicted molar refractivity (Wildman–Crippen MR) is 75.1 cm³/mol. The number of amides is 1. The number of rotatable bonds is 5. The molecule has 0 radical (unpaired) electrons. The lowest BCUT2D eigenvalue weighted by Crippen LogP contribution is -2.30. The van der Waals surface area contributed by atoms with Crippen LogP contribution in [0.1, 0.15) is 24.2 Å². The van der Waals surface area contributed by atoms with Crippen LogP contribution in [0.4, 0.5) is 5.82 Å². The lowest BCUT2D eigenvalue weighted by Gasteiger charge is -2.18. The summed E-state index contributed by atoms with van der Waals surface area (Å²) in [6.07, 6.45) is 0. The number of nitrogens with zero attached hydrogens (tertiary/aromatic N) is 3. The Labute approximate surface area is 118 Å². The van der Waals surface area contributed by atoms with Crippen LogP contribution in [0, 0.1) is 17.2 Å². The summed E-state index contributed by atoms with van der Waals surface area (Å²) < 4.78 is 0. The number of hydrogen-bond donors (Lipinski definition) is 1. The second-order valence-electron chi connectivity index (χ2n) is 4.31.